The van der Waals surface area contributed by atoms with Crippen LogP contribution >= 0.6 is 0 Å². The maximum absolute atomic E-state index is 14.7. The lowest BCUT2D eigenvalue weighted by Crippen LogP contribution is -2.34. The summed E-state index contributed by atoms with van der Waals surface area (Å²) in [5.41, 5.74) is 0.683. The summed E-state index contributed by atoms with van der Waals surface area (Å²) in [5.74, 6) is -0.511. The van der Waals surface area contributed by atoms with Crippen molar-refractivity contribution in [2.75, 3.05) is 47.5 Å². The highest BCUT2D eigenvalue weighted by Crippen LogP contribution is 2.28. The molecule has 2 aliphatic rings. The van der Waals surface area contributed by atoms with Crippen LogP contribution in [0, 0.1) is 5.82 Å². The Morgan fingerprint density at radius 1 is 1.31 bits per heavy atom. The first kappa shape index (κ1) is 21.4. The molecule has 1 aromatic carbocycles. The van der Waals surface area contributed by atoms with Gasteiger partial charge in [-0.1, -0.05) is 6.92 Å². The molecule has 0 aliphatic carbocycles. The van der Waals surface area contributed by atoms with Gasteiger partial charge in [-0.15, -0.1) is 0 Å². The zero-order chi connectivity index (χ0) is 21.0. The molecule has 29 heavy (non-hydrogen) atoms. The zero-order valence-corrected chi connectivity index (χ0v) is 17.2. The van der Waals surface area contributed by atoms with Crippen molar-refractivity contribution in [2.45, 2.75) is 32.3 Å². The fraction of sp³-hybridized carbons (Fsp3) is 0.579. The molecule has 0 radical (unpaired) electrons. The van der Waals surface area contributed by atoms with Gasteiger partial charge in [0.1, 0.15) is 11.9 Å². The molecule has 0 aromatic heterocycles. The number of sulfone groups is 1. The smallest absolute Gasteiger partial charge is 0.414 e. The van der Waals surface area contributed by atoms with E-state index >= 15 is 0 Å². The zero-order valence-electron chi connectivity index (χ0n) is 16.4. The molecule has 1 aromatic rings. The third kappa shape index (κ3) is 5.37. The molecule has 2 fully saturated rings. The van der Waals surface area contributed by atoms with Crippen LogP contribution in [0.25, 0.3) is 0 Å². The van der Waals surface area contributed by atoms with Crippen molar-refractivity contribution in [3.05, 3.63) is 24.0 Å². The van der Waals surface area contributed by atoms with Crippen LogP contribution in [0.5, 0.6) is 0 Å². The topological polar surface area (TPSA) is 96.0 Å². The largest absolute Gasteiger partial charge is 0.442 e. The van der Waals surface area contributed by atoms with E-state index in [1.165, 1.54) is 11.0 Å². The molecule has 2 aliphatic heterocycles. The minimum atomic E-state index is -3.09. The van der Waals surface area contributed by atoms with E-state index in [4.69, 9.17) is 4.74 Å². The second-order valence-corrected chi connectivity index (χ2v) is 9.60. The number of anilines is 2. The second-order valence-electron chi connectivity index (χ2n) is 7.30. The molecule has 2 heterocycles. The van der Waals surface area contributed by atoms with Gasteiger partial charge < -0.3 is 15.0 Å². The minimum absolute atomic E-state index is 0.00191. The van der Waals surface area contributed by atoms with E-state index in [0.717, 1.165) is 6.42 Å². The summed E-state index contributed by atoms with van der Waals surface area (Å²) in [6, 6.07) is 4.44. The number of hydrogen-bond acceptors (Lipinski definition) is 6. The Labute approximate surface area is 169 Å². The van der Waals surface area contributed by atoms with Crippen LogP contribution in [0.2, 0.25) is 0 Å². The van der Waals surface area contributed by atoms with E-state index in [0.29, 0.717) is 30.8 Å². The Balaban J connectivity index is 1.65. The number of carbonyl (C=O) groups is 2. The minimum Gasteiger partial charge on any atom is -0.442 e. The molecule has 0 spiro atoms. The fourth-order valence-corrected chi connectivity index (χ4v) is 4.75. The lowest BCUT2D eigenvalue weighted by atomic mass is 10.2. The van der Waals surface area contributed by atoms with E-state index in [1.807, 2.05) is 6.92 Å². The van der Waals surface area contributed by atoms with Gasteiger partial charge >= 0.3 is 6.09 Å². The Kier molecular flexibility index (Phi) is 6.61. The summed E-state index contributed by atoms with van der Waals surface area (Å²) in [7, 11) is -3.09. The number of nitrogens with zero attached hydrogens (tertiary/aromatic N) is 2. The maximum Gasteiger partial charge on any atom is 0.414 e. The molecule has 0 saturated carbocycles. The van der Waals surface area contributed by atoms with Crippen LogP contribution in [0.15, 0.2) is 18.2 Å². The van der Waals surface area contributed by atoms with E-state index in [9.17, 15) is 22.4 Å². The molecule has 1 N–H and O–H groups in total. The van der Waals surface area contributed by atoms with Crippen molar-refractivity contribution < 1.29 is 27.1 Å². The lowest BCUT2D eigenvalue weighted by Gasteiger charge is -2.23. The third-order valence-electron chi connectivity index (χ3n) is 5.02. The van der Waals surface area contributed by atoms with Gasteiger partial charge in [-0.25, -0.2) is 17.6 Å². The van der Waals surface area contributed by atoms with E-state index in [-0.39, 0.29) is 37.0 Å². The number of rotatable bonds is 6. The Hall–Kier alpha value is -2.36. The van der Waals surface area contributed by atoms with Crippen LogP contribution in [0.3, 0.4) is 0 Å². The normalized spacial score (nSPS) is 21.6. The quantitative estimate of drug-likeness (QED) is 0.742. The number of carbonyl (C=O) groups excluding carboxylic acids is 2. The third-order valence-corrected chi connectivity index (χ3v) is 6.73. The first-order chi connectivity index (χ1) is 13.8. The van der Waals surface area contributed by atoms with Crippen molar-refractivity contribution >= 4 is 33.2 Å². The van der Waals surface area contributed by atoms with Gasteiger partial charge in [0.25, 0.3) is 0 Å². The molecule has 160 valence electrons. The monoisotopic (exact) mass is 427 g/mol. The summed E-state index contributed by atoms with van der Waals surface area (Å²) >= 11 is 0. The van der Waals surface area contributed by atoms with Crippen molar-refractivity contribution in [1.29, 1.82) is 0 Å². The van der Waals surface area contributed by atoms with Crippen LogP contribution in [0.1, 0.15) is 26.2 Å². The number of hydrogen-bond donors (Lipinski definition) is 1. The molecule has 8 nitrogen and oxygen atoms in total. The highest BCUT2D eigenvalue weighted by Gasteiger charge is 2.33. The molecule has 2 saturated heterocycles. The maximum atomic E-state index is 14.7. The van der Waals surface area contributed by atoms with Crippen LogP contribution in [-0.2, 0) is 19.4 Å². The number of nitrogens with one attached hydrogen (secondary N) is 1. The van der Waals surface area contributed by atoms with Crippen LogP contribution in [-0.4, -0.2) is 64.2 Å². The van der Waals surface area contributed by atoms with Crippen molar-refractivity contribution in [2.24, 2.45) is 0 Å². The first-order valence-electron chi connectivity index (χ1n) is 9.79. The number of cyclic esters (lactones) is 1. The number of ether oxygens (including phenoxy) is 1. The van der Waals surface area contributed by atoms with Gasteiger partial charge in [-0.3, -0.25) is 9.69 Å². The van der Waals surface area contributed by atoms with E-state index in [2.05, 4.69) is 5.32 Å². The van der Waals surface area contributed by atoms with Crippen molar-refractivity contribution in [3.63, 3.8) is 0 Å². The predicted molar refractivity (Wildman–Crippen MR) is 107 cm³/mol. The average molecular weight is 427 g/mol. The molecule has 1 atom stereocenters. The van der Waals surface area contributed by atoms with Gasteiger partial charge in [0.15, 0.2) is 9.84 Å². The molecule has 0 unspecified atom stereocenters. The fourth-order valence-electron chi connectivity index (χ4n) is 3.48. The Morgan fingerprint density at radius 3 is 2.83 bits per heavy atom. The Morgan fingerprint density at radius 2 is 2.10 bits per heavy atom. The van der Waals surface area contributed by atoms with Gasteiger partial charge in [-0.05, 0) is 31.0 Å². The highest BCUT2D eigenvalue weighted by atomic mass is 32.2. The molecule has 0 bridgehead atoms. The molecule has 2 amide bonds. The second kappa shape index (κ2) is 8.98. The van der Waals surface area contributed by atoms with Gasteiger partial charge in [0, 0.05) is 19.5 Å². The molecular formula is C19H26FN3O5S. The summed E-state index contributed by atoms with van der Waals surface area (Å²) < 4.78 is 43.5. The first-order valence-corrected chi connectivity index (χ1v) is 11.6. The molecule has 3 rings (SSSR count). The van der Waals surface area contributed by atoms with Gasteiger partial charge in [0.05, 0.1) is 36.0 Å². The number of benzene rings is 1. The standard InChI is InChI=1S/C19H26FN3O5S/c1-2-4-18(24)21-12-15-13-23(19(25)28-15)14-5-6-17(16(20)11-14)22-7-3-9-29(26,27)10-8-22/h5-6,11,15H,2-4,7-10,12-13H2,1H3,(H,21,24)/t15-/m0/s1. The van der Waals surface area contributed by atoms with Crippen LogP contribution in [0.4, 0.5) is 20.6 Å². The average Bonchev–Trinajstić information content (AvgIpc) is 2.94. The van der Waals surface area contributed by atoms with Gasteiger partial charge in [0.2, 0.25) is 5.91 Å². The van der Waals surface area contributed by atoms with Crippen molar-refractivity contribution in [3.8, 4) is 0 Å². The van der Waals surface area contributed by atoms with E-state index in [1.54, 1.807) is 17.0 Å². The lowest BCUT2D eigenvalue weighted by molar-refractivity contribution is -0.121. The summed E-state index contributed by atoms with van der Waals surface area (Å²) in [6.45, 7) is 3.03. The molecule has 10 heteroatoms. The predicted octanol–water partition coefficient (Wildman–Crippen LogP) is 1.69. The SMILES string of the molecule is CCCC(=O)NC[C@H]1CN(c2ccc(N3CCCS(=O)(=O)CC3)c(F)c2)C(=O)O1. The number of halogens is 1. The number of amides is 2. The van der Waals surface area contributed by atoms with Crippen molar-refractivity contribution in [1.82, 2.24) is 5.32 Å². The summed E-state index contributed by atoms with van der Waals surface area (Å²) in [6.07, 6.45) is 0.508. The highest BCUT2D eigenvalue weighted by molar-refractivity contribution is 7.91. The summed E-state index contributed by atoms with van der Waals surface area (Å²) in [5, 5.41) is 2.72. The molecular weight excluding hydrogens is 401 g/mol. The van der Waals surface area contributed by atoms with Gasteiger partial charge in [-0.2, -0.15) is 0 Å². The summed E-state index contributed by atoms with van der Waals surface area (Å²) in [4.78, 5) is 26.8. The van der Waals surface area contributed by atoms with E-state index < -0.39 is 27.9 Å². The Bertz CT molecular complexity index is 877. The van der Waals surface area contributed by atoms with Crippen LogP contribution < -0.4 is 15.1 Å².